The van der Waals surface area contributed by atoms with Crippen LogP contribution in [0.5, 0.6) is 11.5 Å². The van der Waals surface area contributed by atoms with Gasteiger partial charge in [-0.1, -0.05) is 11.6 Å². The number of benzene rings is 1. The van der Waals surface area contributed by atoms with E-state index in [-0.39, 0.29) is 12.2 Å². The van der Waals surface area contributed by atoms with Gasteiger partial charge in [-0.2, -0.15) is 0 Å². The van der Waals surface area contributed by atoms with Gasteiger partial charge in [0, 0.05) is 27.9 Å². The van der Waals surface area contributed by atoms with Crippen LogP contribution in [-0.4, -0.2) is 15.8 Å². The van der Waals surface area contributed by atoms with Crippen LogP contribution >= 0.6 is 22.9 Å². The second-order valence-electron chi connectivity index (χ2n) is 4.95. The number of hydrogen-bond acceptors (Lipinski definition) is 5. The molecule has 3 rings (SSSR count). The van der Waals surface area contributed by atoms with Crippen molar-refractivity contribution in [2.45, 2.75) is 13.3 Å². The number of hydrogen-bond donors (Lipinski definition) is 0. The molecule has 0 N–H and O–H groups in total. The highest BCUT2D eigenvalue weighted by Crippen LogP contribution is 2.26. The number of ketones is 1. The number of halogens is 1. The number of ether oxygens (including phenoxy) is 1. The lowest BCUT2D eigenvalue weighted by molar-refractivity contribution is 0.0992. The molecule has 0 saturated heterocycles. The van der Waals surface area contributed by atoms with Crippen molar-refractivity contribution in [2.24, 2.45) is 0 Å². The molecular weight excluding hydrogens is 332 g/mol. The van der Waals surface area contributed by atoms with E-state index >= 15 is 0 Å². The molecule has 0 bridgehead atoms. The first-order valence-electron chi connectivity index (χ1n) is 6.93. The zero-order chi connectivity index (χ0) is 16.2. The molecule has 0 spiro atoms. The van der Waals surface area contributed by atoms with Gasteiger partial charge in [-0.05, 0) is 37.3 Å². The molecule has 0 amide bonds. The minimum atomic E-state index is -0.0436. The van der Waals surface area contributed by atoms with Crippen LogP contribution in [0.4, 0.5) is 0 Å². The van der Waals surface area contributed by atoms with E-state index in [4.69, 9.17) is 16.3 Å². The van der Waals surface area contributed by atoms with Gasteiger partial charge >= 0.3 is 0 Å². The molecule has 6 heteroatoms. The van der Waals surface area contributed by atoms with Gasteiger partial charge < -0.3 is 4.74 Å². The highest BCUT2D eigenvalue weighted by molar-refractivity contribution is 7.09. The molecule has 0 saturated carbocycles. The molecule has 116 valence electrons. The van der Waals surface area contributed by atoms with E-state index in [0.717, 1.165) is 10.7 Å². The number of carbonyl (C=O) groups excluding carboxylic acids is 1. The fraction of sp³-hybridized carbons (Fsp3) is 0.118. The van der Waals surface area contributed by atoms with Crippen LogP contribution in [0.15, 0.2) is 48.1 Å². The van der Waals surface area contributed by atoms with Crippen molar-refractivity contribution in [1.82, 2.24) is 9.97 Å². The van der Waals surface area contributed by atoms with Crippen LogP contribution in [0.1, 0.15) is 21.1 Å². The van der Waals surface area contributed by atoms with Gasteiger partial charge in [0.15, 0.2) is 5.78 Å². The van der Waals surface area contributed by atoms with Crippen LogP contribution in [-0.2, 0) is 6.42 Å². The summed E-state index contributed by atoms with van der Waals surface area (Å²) in [6.45, 7) is 1.91. The molecule has 2 aromatic heterocycles. The Morgan fingerprint density at radius 1 is 1.30 bits per heavy atom. The maximum absolute atomic E-state index is 12.4. The second-order valence-corrected chi connectivity index (χ2v) is 6.33. The monoisotopic (exact) mass is 344 g/mol. The topological polar surface area (TPSA) is 52.1 Å². The van der Waals surface area contributed by atoms with Crippen LogP contribution in [0.2, 0.25) is 5.02 Å². The molecule has 0 atom stereocenters. The van der Waals surface area contributed by atoms with Gasteiger partial charge in [0.2, 0.25) is 0 Å². The van der Waals surface area contributed by atoms with Gasteiger partial charge in [-0.15, -0.1) is 11.3 Å². The Bertz CT molecular complexity index is 834. The number of Topliss-reactive ketones (excluding diaryl/α,β-unsaturated/α-hetero) is 1. The fourth-order valence-corrected chi connectivity index (χ4v) is 3.04. The van der Waals surface area contributed by atoms with E-state index in [0.29, 0.717) is 22.1 Å². The van der Waals surface area contributed by atoms with E-state index in [1.165, 1.54) is 11.3 Å². The SMILES string of the molecule is Cc1csc(CC(=O)c2cc(Cl)cc(Oc3cccnc3)c2)n1. The van der Waals surface area contributed by atoms with Gasteiger partial charge in [0.25, 0.3) is 0 Å². The summed E-state index contributed by atoms with van der Waals surface area (Å²) in [6, 6.07) is 8.55. The largest absolute Gasteiger partial charge is 0.456 e. The number of thiazole rings is 1. The first-order valence-corrected chi connectivity index (χ1v) is 8.18. The van der Waals surface area contributed by atoms with Gasteiger partial charge in [-0.3, -0.25) is 9.78 Å². The normalized spacial score (nSPS) is 10.5. The number of nitrogens with zero attached hydrogens (tertiary/aromatic N) is 2. The summed E-state index contributed by atoms with van der Waals surface area (Å²) in [5.41, 5.74) is 1.42. The number of aromatic nitrogens is 2. The van der Waals surface area contributed by atoms with Crippen molar-refractivity contribution in [1.29, 1.82) is 0 Å². The first-order chi connectivity index (χ1) is 11.1. The van der Waals surface area contributed by atoms with Crippen molar-refractivity contribution in [3.63, 3.8) is 0 Å². The maximum atomic E-state index is 12.4. The minimum absolute atomic E-state index is 0.0436. The average Bonchev–Trinajstić information content (AvgIpc) is 2.93. The Kier molecular flexibility index (Phi) is 4.69. The summed E-state index contributed by atoms with van der Waals surface area (Å²) >= 11 is 7.59. The molecule has 0 aliphatic rings. The smallest absolute Gasteiger partial charge is 0.169 e. The maximum Gasteiger partial charge on any atom is 0.169 e. The number of rotatable bonds is 5. The Labute approximate surface area is 142 Å². The lowest BCUT2D eigenvalue weighted by atomic mass is 10.1. The lowest BCUT2D eigenvalue weighted by Crippen LogP contribution is -2.03. The van der Waals surface area contributed by atoms with Crippen molar-refractivity contribution in [2.75, 3.05) is 0 Å². The fourth-order valence-electron chi connectivity index (χ4n) is 2.05. The van der Waals surface area contributed by atoms with Crippen LogP contribution in [0.25, 0.3) is 0 Å². The average molecular weight is 345 g/mol. The predicted octanol–water partition coefficient (Wildman–Crippen LogP) is 4.72. The Morgan fingerprint density at radius 3 is 2.87 bits per heavy atom. The van der Waals surface area contributed by atoms with Crippen LogP contribution < -0.4 is 4.74 Å². The standard InChI is InChI=1S/C17H13ClN2O2S/c1-11-10-23-17(20-11)8-16(21)12-5-13(18)7-15(6-12)22-14-3-2-4-19-9-14/h2-7,9-10H,8H2,1H3. The van der Waals surface area contributed by atoms with Crippen LogP contribution in [0, 0.1) is 6.92 Å². The first kappa shape index (κ1) is 15.6. The molecule has 0 aliphatic heterocycles. The quantitative estimate of drug-likeness (QED) is 0.628. The zero-order valence-electron chi connectivity index (χ0n) is 12.3. The Hall–Kier alpha value is -2.24. The van der Waals surface area contributed by atoms with Crippen molar-refractivity contribution in [3.8, 4) is 11.5 Å². The van der Waals surface area contributed by atoms with Gasteiger partial charge in [0.05, 0.1) is 12.6 Å². The number of aryl methyl sites for hydroxylation is 1. The lowest BCUT2D eigenvalue weighted by Gasteiger charge is -2.08. The third-order valence-electron chi connectivity index (χ3n) is 3.04. The molecule has 0 unspecified atom stereocenters. The highest BCUT2D eigenvalue weighted by atomic mass is 35.5. The zero-order valence-corrected chi connectivity index (χ0v) is 13.9. The van der Waals surface area contributed by atoms with Crippen molar-refractivity contribution < 1.29 is 9.53 Å². The highest BCUT2D eigenvalue weighted by Gasteiger charge is 2.12. The van der Waals surface area contributed by atoms with E-state index in [9.17, 15) is 4.79 Å². The third kappa shape index (κ3) is 4.15. The summed E-state index contributed by atoms with van der Waals surface area (Å²) in [5, 5.41) is 3.17. The molecule has 23 heavy (non-hydrogen) atoms. The third-order valence-corrected chi connectivity index (χ3v) is 4.23. The Morgan fingerprint density at radius 2 is 2.17 bits per heavy atom. The molecular formula is C17H13ClN2O2S. The van der Waals surface area contributed by atoms with Gasteiger partial charge in [-0.25, -0.2) is 4.98 Å². The van der Waals surface area contributed by atoms with E-state index in [2.05, 4.69) is 9.97 Å². The van der Waals surface area contributed by atoms with Crippen LogP contribution in [0.3, 0.4) is 0 Å². The molecule has 0 radical (unpaired) electrons. The van der Waals surface area contributed by atoms with E-state index < -0.39 is 0 Å². The van der Waals surface area contributed by atoms with Crippen molar-refractivity contribution in [3.05, 3.63) is 69.4 Å². The van der Waals surface area contributed by atoms with E-state index in [1.807, 2.05) is 12.3 Å². The molecule has 1 aromatic carbocycles. The predicted molar refractivity (Wildman–Crippen MR) is 90.6 cm³/mol. The summed E-state index contributed by atoms with van der Waals surface area (Å²) in [6.07, 6.45) is 3.52. The van der Waals surface area contributed by atoms with E-state index in [1.54, 1.807) is 42.7 Å². The number of pyridine rings is 1. The summed E-state index contributed by atoms with van der Waals surface area (Å²) in [7, 11) is 0. The minimum Gasteiger partial charge on any atom is -0.456 e. The molecule has 0 aliphatic carbocycles. The Balaban J connectivity index is 1.80. The molecule has 4 nitrogen and oxygen atoms in total. The summed E-state index contributed by atoms with van der Waals surface area (Å²) < 4.78 is 5.69. The number of carbonyl (C=O) groups is 1. The molecule has 0 fully saturated rings. The summed E-state index contributed by atoms with van der Waals surface area (Å²) in [4.78, 5) is 20.7. The molecule has 2 heterocycles. The second kappa shape index (κ2) is 6.89. The molecule has 3 aromatic rings. The van der Waals surface area contributed by atoms with Crippen molar-refractivity contribution >= 4 is 28.7 Å². The van der Waals surface area contributed by atoms with Gasteiger partial charge in [0.1, 0.15) is 16.5 Å². The summed E-state index contributed by atoms with van der Waals surface area (Å²) in [5.74, 6) is 1.05.